The van der Waals surface area contributed by atoms with Crippen molar-refractivity contribution >= 4 is 40.1 Å². The Morgan fingerprint density at radius 2 is 2.04 bits per heavy atom. The Morgan fingerprint density at radius 1 is 1.32 bits per heavy atom. The van der Waals surface area contributed by atoms with Crippen LogP contribution in [0.3, 0.4) is 0 Å². The average molecular weight is 402 g/mol. The molecule has 0 unspecified atom stereocenters. The number of hydrogen-bond acceptors (Lipinski definition) is 7. The zero-order valence-corrected chi connectivity index (χ0v) is 16.8. The molecule has 0 radical (unpaired) electrons. The second-order valence-corrected chi connectivity index (χ2v) is 7.66. The van der Waals surface area contributed by atoms with E-state index in [0.29, 0.717) is 17.2 Å². The zero-order valence-electron chi connectivity index (χ0n) is 15.9. The van der Waals surface area contributed by atoms with E-state index in [1.807, 2.05) is 31.2 Å². The molecule has 2 aromatic rings. The van der Waals surface area contributed by atoms with E-state index in [-0.39, 0.29) is 6.61 Å². The summed E-state index contributed by atoms with van der Waals surface area (Å²) in [5, 5.41) is 8.25. The molecule has 2 heterocycles. The summed E-state index contributed by atoms with van der Waals surface area (Å²) < 4.78 is 5.17. The second kappa shape index (κ2) is 7.97. The molecular formula is C19H22N4O4S. The van der Waals surface area contributed by atoms with Gasteiger partial charge in [0, 0.05) is 11.1 Å². The number of thiazole rings is 1. The van der Waals surface area contributed by atoms with Crippen LogP contribution in [-0.2, 0) is 20.9 Å². The van der Waals surface area contributed by atoms with Crippen LogP contribution in [-0.4, -0.2) is 39.9 Å². The summed E-state index contributed by atoms with van der Waals surface area (Å²) in [5.41, 5.74) is 1.70. The van der Waals surface area contributed by atoms with Gasteiger partial charge in [-0.2, -0.15) is 0 Å². The Kier molecular flexibility index (Phi) is 5.64. The lowest BCUT2D eigenvalue weighted by Gasteiger charge is -2.18. The number of anilines is 2. The number of esters is 1. The van der Waals surface area contributed by atoms with Crippen molar-refractivity contribution in [1.82, 2.24) is 15.2 Å². The number of imide groups is 1. The van der Waals surface area contributed by atoms with Crippen molar-refractivity contribution in [3.8, 4) is 0 Å². The summed E-state index contributed by atoms with van der Waals surface area (Å²) in [6.45, 7) is 5.00. The second-order valence-electron chi connectivity index (χ2n) is 6.80. The third-order valence-electron chi connectivity index (χ3n) is 4.58. The number of hydrogen-bond donors (Lipinski definition) is 2. The smallest absolute Gasteiger partial charge is 0.326 e. The minimum Gasteiger partial charge on any atom is -0.458 e. The molecule has 0 aliphatic carbocycles. The summed E-state index contributed by atoms with van der Waals surface area (Å²) in [7, 11) is 0. The predicted molar refractivity (Wildman–Crippen MR) is 105 cm³/mol. The van der Waals surface area contributed by atoms with E-state index in [4.69, 9.17) is 4.74 Å². The standard InChI is InChI=1S/C19H22N4O4S/c1-4-19(3)16(25)23(18(26)22-19)9-15(24)27-10-14-11-28-17(21-14)20-13-7-5-12(2)6-8-13/h5-8,11H,4,9-10H2,1-3H3,(H,20,21)(H,22,26)/t19-/m0/s1. The van der Waals surface area contributed by atoms with Gasteiger partial charge in [-0.15, -0.1) is 11.3 Å². The number of aryl methyl sites for hydroxylation is 1. The number of carbonyl (C=O) groups is 3. The van der Waals surface area contributed by atoms with E-state index in [9.17, 15) is 14.4 Å². The molecule has 3 amide bonds. The molecule has 0 bridgehead atoms. The van der Waals surface area contributed by atoms with Crippen molar-refractivity contribution in [2.45, 2.75) is 39.3 Å². The highest BCUT2D eigenvalue weighted by Crippen LogP contribution is 2.22. The quantitative estimate of drug-likeness (QED) is 0.545. The van der Waals surface area contributed by atoms with Gasteiger partial charge in [-0.3, -0.25) is 14.5 Å². The van der Waals surface area contributed by atoms with Gasteiger partial charge in [-0.05, 0) is 32.4 Å². The zero-order chi connectivity index (χ0) is 20.3. The van der Waals surface area contributed by atoms with Gasteiger partial charge in [0.2, 0.25) is 0 Å². The monoisotopic (exact) mass is 402 g/mol. The minimum absolute atomic E-state index is 0.0282. The molecule has 1 aliphatic heterocycles. The lowest BCUT2D eigenvalue weighted by molar-refractivity contribution is -0.148. The molecule has 148 valence electrons. The molecule has 0 saturated carbocycles. The normalized spacial score (nSPS) is 18.9. The number of benzene rings is 1. The summed E-state index contributed by atoms with van der Waals surface area (Å²) in [6, 6.07) is 7.33. The molecule has 1 saturated heterocycles. The van der Waals surface area contributed by atoms with E-state index in [0.717, 1.165) is 10.6 Å². The van der Waals surface area contributed by atoms with E-state index in [1.165, 1.54) is 16.9 Å². The van der Waals surface area contributed by atoms with Crippen molar-refractivity contribution in [1.29, 1.82) is 0 Å². The highest BCUT2D eigenvalue weighted by Gasteiger charge is 2.47. The van der Waals surface area contributed by atoms with Crippen LogP contribution in [0.1, 0.15) is 31.5 Å². The molecule has 9 heteroatoms. The number of nitrogens with zero attached hydrogens (tertiary/aromatic N) is 2. The van der Waals surface area contributed by atoms with Crippen LogP contribution in [0.2, 0.25) is 0 Å². The Morgan fingerprint density at radius 3 is 2.68 bits per heavy atom. The van der Waals surface area contributed by atoms with Gasteiger partial charge in [0.25, 0.3) is 5.91 Å². The van der Waals surface area contributed by atoms with Gasteiger partial charge in [0.05, 0.1) is 5.69 Å². The van der Waals surface area contributed by atoms with E-state index in [1.54, 1.807) is 19.2 Å². The maximum atomic E-state index is 12.3. The largest absolute Gasteiger partial charge is 0.458 e. The van der Waals surface area contributed by atoms with Crippen molar-refractivity contribution < 1.29 is 19.1 Å². The molecule has 1 aromatic heterocycles. The van der Waals surface area contributed by atoms with Gasteiger partial charge in [-0.25, -0.2) is 9.78 Å². The number of rotatable bonds is 7. The minimum atomic E-state index is -0.969. The Balaban J connectivity index is 1.51. The average Bonchev–Trinajstić information content (AvgIpc) is 3.20. The maximum absolute atomic E-state index is 12.3. The van der Waals surface area contributed by atoms with Crippen molar-refractivity contribution in [3.05, 3.63) is 40.9 Å². The number of ether oxygens (including phenoxy) is 1. The summed E-state index contributed by atoms with van der Waals surface area (Å²) in [4.78, 5) is 41.5. The van der Waals surface area contributed by atoms with Crippen LogP contribution in [0, 0.1) is 6.92 Å². The van der Waals surface area contributed by atoms with Crippen molar-refractivity contribution in [3.63, 3.8) is 0 Å². The van der Waals surface area contributed by atoms with E-state index >= 15 is 0 Å². The number of amides is 3. The third kappa shape index (κ3) is 4.30. The fraction of sp³-hybridized carbons (Fsp3) is 0.368. The van der Waals surface area contributed by atoms with Crippen LogP contribution in [0.15, 0.2) is 29.6 Å². The summed E-state index contributed by atoms with van der Waals surface area (Å²) in [5.74, 6) is -1.08. The number of aromatic nitrogens is 1. The molecule has 1 atom stereocenters. The third-order valence-corrected chi connectivity index (χ3v) is 5.38. The molecule has 1 fully saturated rings. The molecule has 3 rings (SSSR count). The van der Waals surface area contributed by atoms with E-state index < -0.39 is 30.0 Å². The highest BCUT2D eigenvalue weighted by molar-refractivity contribution is 7.13. The van der Waals surface area contributed by atoms with Gasteiger partial charge in [0.15, 0.2) is 5.13 Å². The van der Waals surface area contributed by atoms with Crippen LogP contribution in [0.25, 0.3) is 0 Å². The number of nitrogens with one attached hydrogen (secondary N) is 2. The highest BCUT2D eigenvalue weighted by atomic mass is 32.1. The Labute approximate surface area is 166 Å². The Hall–Kier alpha value is -2.94. The summed E-state index contributed by atoms with van der Waals surface area (Å²) >= 11 is 1.39. The molecule has 2 N–H and O–H groups in total. The molecule has 28 heavy (non-hydrogen) atoms. The fourth-order valence-corrected chi connectivity index (χ4v) is 3.37. The summed E-state index contributed by atoms with van der Waals surface area (Å²) in [6.07, 6.45) is 0.443. The lowest BCUT2D eigenvalue weighted by atomic mass is 9.99. The van der Waals surface area contributed by atoms with Gasteiger partial charge in [-0.1, -0.05) is 24.6 Å². The first kappa shape index (κ1) is 19.8. The van der Waals surface area contributed by atoms with Crippen LogP contribution < -0.4 is 10.6 Å². The molecule has 1 aliphatic rings. The maximum Gasteiger partial charge on any atom is 0.326 e. The number of carbonyl (C=O) groups excluding carboxylic acids is 3. The van der Waals surface area contributed by atoms with Crippen molar-refractivity contribution in [2.24, 2.45) is 0 Å². The topological polar surface area (TPSA) is 101 Å². The van der Waals surface area contributed by atoms with Gasteiger partial charge in [0.1, 0.15) is 18.7 Å². The van der Waals surface area contributed by atoms with Gasteiger partial charge >= 0.3 is 12.0 Å². The Bertz CT molecular complexity index is 896. The number of urea groups is 1. The first-order valence-electron chi connectivity index (χ1n) is 8.88. The first-order valence-corrected chi connectivity index (χ1v) is 9.76. The van der Waals surface area contributed by atoms with Crippen molar-refractivity contribution in [2.75, 3.05) is 11.9 Å². The van der Waals surface area contributed by atoms with Crippen LogP contribution in [0.4, 0.5) is 15.6 Å². The molecular weight excluding hydrogens is 380 g/mol. The van der Waals surface area contributed by atoms with E-state index in [2.05, 4.69) is 15.6 Å². The molecule has 0 spiro atoms. The predicted octanol–water partition coefficient (Wildman–Crippen LogP) is 2.96. The molecule has 1 aromatic carbocycles. The fourth-order valence-electron chi connectivity index (χ4n) is 2.65. The first-order chi connectivity index (χ1) is 13.3. The van der Waals surface area contributed by atoms with Gasteiger partial charge < -0.3 is 15.4 Å². The molecule has 8 nitrogen and oxygen atoms in total. The van der Waals surface area contributed by atoms with Crippen LogP contribution in [0.5, 0.6) is 0 Å². The SMILES string of the molecule is CC[C@]1(C)NC(=O)N(CC(=O)OCc2csc(Nc3ccc(C)cc3)n2)C1=O. The lowest BCUT2D eigenvalue weighted by Crippen LogP contribution is -2.43. The van der Waals surface area contributed by atoms with Crippen LogP contribution >= 0.6 is 11.3 Å².